The molecule has 0 saturated carbocycles. The van der Waals surface area contributed by atoms with Crippen LogP contribution in [0.5, 0.6) is 0 Å². The van der Waals surface area contributed by atoms with Gasteiger partial charge in [-0.05, 0) is 0 Å². The van der Waals surface area contributed by atoms with Gasteiger partial charge in [-0.2, -0.15) is 0 Å². The third-order valence-electron chi connectivity index (χ3n) is 1.67. The summed E-state index contributed by atoms with van der Waals surface area (Å²) in [5, 5.41) is 29.3. The number of nitrogens with zero attached hydrogens (tertiary/aromatic N) is 6. The van der Waals surface area contributed by atoms with E-state index in [1.807, 2.05) is 0 Å². The maximum atomic E-state index is 10.3. The summed E-state index contributed by atoms with van der Waals surface area (Å²) in [5.41, 5.74) is 0. The Morgan fingerprint density at radius 3 is 0.850 bits per heavy atom. The summed E-state index contributed by atoms with van der Waals surface area (Å²) in [7, 11) is 0. The second-order valence-electron chi connectivity index (χ2n) is 2.66. The zero-order chi connectivity index (χ0) is 11.6. The molecule has 0 radical (unpaired) electrons. The van der Waals surface area contributed by atoms with Gasteiger partial charge in [-0.15, -0.1) is 0 Å². The predicted octanol–water partition coefficient (Wildman–Crippen LogP) is -4.95. The van der Waals surface area contributed by atoms with E-state index in [0.717, 1.165) is 0 Å². The van der Waals surface area contributed by atoms with Gasteiger partial charge in [-0.3, -0.25) is 0 Å². The molecule has 0 spiro atoms. The topological polar surface area (TPSA) is 265 Å². The van der Waals surface area contributed by atoms with E-state index < -0.39 is 35.1 Å². The molecule has 8 N–H and O–H groups in total. The molecule has 1 aliphatic rings. The van der Waals surface area contributed by atoms with Crippen molar-refractivity contribution in [1.29, 1.82) is 0 Å². The first-order chi connectivity index (χ1) is 6.91. The number of hydrazine groups is 3. The molecule has 120 valence electrons. The number of nitro groups is 3. The molecule has 0 aromatic rings. The molecular weight excluding hydrogens is 328 g/mol. The zero-order valence-corrected chi connectivity index (χ0v) is 11.3. The average molecular weight is 342 g/mol. The Hall–Kier alpha value is -1.85. The average Bonchev–Trinajstić information content (AvgIpc) is 2.16. The van der Waals surface area contributed by atoms with E-state index in [1.54, 1.807) is 0 Å². The van der Waals surface area contributed by atoms with Crippen molar-refractivity contribution in [2.75, 3.05) is 20.0 Å². The van der Waals surface area contributed by atoms with Crippen molar-refractivity contribution >= 4 is 0 Å². The number of hydrogen-bond donors (Lipinski definition) is 0. The van der Waals surface area contributed by atoms with Crippen LogP contribution in [0.3, 0.4) is 0 Å². The molecule has 1 aliphatic heterocycles. The van der Waals surface area contributed by atoms with Gasteiger partial charge in [-0.1, -0.05) is 15.0 Å². The van der Waals surface area contributed by atoms with Gasteiger partial charge < -0.3 is 21.9 Å². The summed E-state index contributed by atoms with van der Waals surface area (Å²) in [6.07, 6.45) is 0. The van der Waals surface area contributed by atoms with E-state index in [4.69, 9.17) is 0 Å². The largest absolute Gasteiger partial charge is 0.412 e. The first kappa shape index (κ1) is 30.9. The molecule has 16 nitrogen and oxygen atoms in total. The maximum absolute atomic E-state index is 10.3. The molecule has 0 atom stereocenters. The molecule has 17 heteroatoms. The Bertz CT molecular complexity index is 262. The summed E-state index contributed by atoms with van der Waals surface area (Å²) in [4.78, 5) is 31.0. The number of hydrogen-bond acceptors (Lipinski definition) is 6. The van der Waals surface area contributed by atoms with Crippen molar-refractivity contribution in [3.8, 4) is 0 Å². The molecule has 0 aromatic carbocycles. The normalized spacial score (nSPS) is 12.3. The summed E-state index contributed by atoms with van der Waals surface area (Å²) in [6, 6.07) is 0. The molecule has 0 amide bonds. The Morgan fingerprint density at radius 2 is 0.750 bits per heavy atom. The molecule has 1 fully saturated rings. The fraction of sp³-hybridized carbons (Fsp3) is 1.00. The van der Waals surface area contributed by atoms with Gasteiger partial charge in [0.2, 0.25) is 20.0 Å². The van der Waals surface area contributed by atoms with Gasteiger partial charge in [0.25, 0.3) is 0 Å². The molecule has 20 heavy (non-hydrogen) atoms. The van der Waals surface area contributed by atoms with Gasteiger partial charge >= 0.3 is 0 Å². The van der Waals surface area contributed by atoms with E-state index in [1.165, 1.54) is 0 Å². The molecule has 0 bridgehead atoms. The van der Waals surface area contributed by atoms with Crippen molar-refractivity contribution in [3.05, 3.63) is 30.3 Å². The van der Waals surface area contributed by atoms with E-state index >= 15 is 0 Å². The predicted molar refractivity (Wildman–Crippen MR) is 55.6 cm³/mol. The third kappa shape index (κ3) is 7.56. The van der Waals surface area contributed by atoms with E-state index in [9.17, 15) is 30.3 Å². The van der Waals surface area contributed by atoms with E-state index in [-0.39, 0.29) is 43.6 Å². The first-order valence-electron chi connectivity index (χ1n) is 3.59. The standard InChI is InChI=1S/C3H6N6O6.4H2O.Ti/c10-7(11)4-1-5(8(12)13)3-6(2-4)9(14)15;;;;;/h1-3H2;4*1H2;. The second-order valence-corrected chi connectivity index (χ2v) is 2.66. The van der Waals surface area contributed by atoms with E-state index in [0.29, 0.717) is 15.0 Å². The Kier molecular flexibility index (Phi) is 18.8. The van der Waals surface area contributed by atoms with Crippen LogP contribution in [0, 0.1) is 30.3 Å². The Labute approximate surface area is 125 Å². The fourth-order valence-electron chi connectivity index (χ4n) is 1.01. The second kappa shape index (κ2) is 12.2. The van der Waals surface area contributed by atoms with Crippen LogP contribution >= 0.6 is 0 Å². The number of rotatable bonds is 3. The summed E-state index contributed by atoms with van der Waals surface area (Å²) in [5.74, 6) is 0. The SMILES string of the molecule is O.O.O.O.O=[N+]([O-])N1CN([N+](=O)[O-])CN([N+](=O)[O-])C1.[Ti]. The van der Waals surface area contributed by atoms with Gasteiger partial charge in [0.1, 0.15) is 0 Å². The van der Waals surface area contributed by atoms with Gasteiger partial charge in [0.05, 0.1) is 0 Å². The zero-order valence-electron chi connectivity index (χ0n) is 9.75. The Morgan fingerprint density at radius 1 is 0.600 bits per heavy atom. The monoisotopic (exact) mass is 342 g/mol. The van der Waals surface area contributed by atoms with Crippen molar-refractivity contribution < 1.29 is 58.7 Å². The van der Waals surface area contributed by atoms with Gasteiger partial charge in [0, 0.05) is 21.7 Å². The van der Waals surface area contributed by atoms with Crippen molar-refractivity contribution in [3.63, 3.8) is 0 Å². The van der Waals surface area contributed by atoms with Gasteiger partial charge in [0.15, 0.2) is 15.1 Å². The molecule has 0 aliphatic carbocycles. The van der Waals surface area contributed by atoms with Crippen LogP contribution in [0.1, 0.15) is 0 Å². The summed E-state index contributed by atoms with van der Waals surface area (Å²) < 4.78 is 0. The smallest absolute Gasteiger partial charge is 0.212 e. The molecule has 0 unspecified atom stereocenters. The van der Waals surface area contributed by atoms with Crippen LogP contribution in [0.25, 0.3) is 0 Å². The van der Waals surface area contributed by atoms with Crippen LogP contribution in [-0.4, -0.2) is 72.0 Å². The van der Waals surface area contributed by atoms with Gasteiger partial charge in [-0.25, -0.2) is 30.3 Å². The molecule has 1 saturated heterocycles. The minimum atomic E-state index is -0.924. The van der Waals surface area contributed by atoms with E-state index in [2.05, 4.69) is 0 Å². The molecule has 1 heterocycles. The quantitative estimate of drug-likeness (QED) is 0.269. The Balaban J connectivity index is -0.000000150. The van der Waals surface area contributed by atoms with Crippen LogP contribution in [-0.2, 0) is 21.7 Å². The molecule has 1 rings (SSSR count). The minimum absolute atomic E-state index is 0. The van der Waals surface area contributed by atoms with Crippen molar-refractivity contribution in [1.82, 2.24) is 15.0 Å². The third-order valence-corrected chi connectivity index (χ3v) is 1.67. The van der Waals surface area contributed by atoms with Crippen LogP contribution < -0.4 is 0 Å². The van der Waals surface area contributed by atoms with Crippen LogP contribution in [0.15, 0.2) is 0 Å². The van der Waals surface area contributed by atoms with Crippen LogP contribution in [0.2, 0.25) is 0 Å². The minimum Gasteiger partial charge on any atom is -0.412 e. The first-order valence-corrected chi connectivity index (χ1v) is 3.59. The van der Waals surface area contributed by atoms with Crippen LogP contribution in [0.4, 0.5) is 0 Å². The molecular formula is C3H14N6O10Ti. The summed E-state index contributed by atoms with van der Waals surface area (Å²) in [6.45, 7) is -1.78. The fourth-order valence-corrected chi connectivity index (χ4v) is 1.01. The van der Waals surface area contributed by atoms with Crippen molar-refractivity contribution in [2.24, 2.45) is 0 Å². The summed E-state index contributed by atoms with van der Waals surface area (Å²) >= 11 is 0. The maximum Gasteiger partial charge on any atom is 0.212 e. The molecule has 0 aromatic heterocycles. The van der Waals surface area contributed by atoms with Crippen molar-refractivity contribution in [2.45, 2.75) is 0 Å².